The lowest BCUT2D eigenvalue weighted by atomic mass is 10.0. The number of unbranched alkanes of at least 4 members (excludes halogenated alkanes) is 28. The van der Waals surface area contributed by atoms with Crippen LogP contribution in [0.25, 0.3) is 0 Å². The lowest BCUT2D eigenvalue weighted by Gasteiger charge is -2.19. The molecule has 0 saturated heterocycles. The Kier molecular flexibility index (Phi) is 43.8. The molecule has 0 heterocycles. The lowest BCUT2D eigenvalue weighted by molar-refractivity contribution is -0.137. The minimum atomic E-state index is -0.653. The molecule has 266 valence electrons. The highest BCUT2D eigenvalue weighted by Gasteiger charge is 2.03. The van der Waals surface area contributed by atoms with Crippen LogP contribution in [0, 0.1) is 0 Å². The Morgan fingerprint density at radius 3 is 0.886 bits per heavy atom. The van der Waals surface area contributed by atoms with Crippen LogP contribution in [0.4, 0.5) is 0 Å². The summed E-state index contributed by atoms with van der Waals surface area (Å²) in [7, 11) is 0. The van der Waals surface area contributed by atoms with E-state index in [2.05, 4.69) is 18.7 Å². The van der Waals surface area contributed by atoms with Gasteiger partial charge in [-0.1, -0.05) is 194 Å². The number of aliphatic carboxylic acids is 1. The van der Waals surface area contributed by atoms with Gasteiger partial charge in [-0.15, -0.1) is 0 Å². The van der Waals surface area contributed by atoms with Crippen LogP contribution in [0.5, 0.6) is 0 Å². The minimum absolute atomic E-state index is 0.193. The average molecular weight is 628 g/mol. The molecular formula is C39H81NO4. The zero-order chi connectivity index (χ0) is 32.6. The van der Waals surface area contributed by atoms with Crippen LogP contribution < -0.4 is 0 Å². The molecule has 0 atom stereocenters. The molecule has 5 heteroatoms. The fourth-order valence-corrected chi connectivity index (χ4v) is 5.97. The zero-order valence-corrected chi connectivity index (χ0v) is 30.2. The van der Waals surface area contributed by atoms with Gasteiger partial charge in [0.2, 0.25) is 0 Å². The number of aliphatic hydroxyl groups excluding tert-OH is 2. The highest BCUT2D eigenvalue weighted by Crippen LogP contribution is 2.15. The Morgan fingerprint density at radius 1 is 0.386 bits per heavy atom. The van der Waals surface area contributed by atoms with Crippen molar-refractivity contribution in [3.05, 3.63) is 0 Å². The van der Waals surface area contributed by atoms with Crippen LogP contribution in [0.1, 0.15) is 213 Å². The number of hydrogen-bond acceptors (Lipinski definition) is 4. The van der Waals surface area contributed by atoms with Gasteiger partial charge in [0.1, 0.15) is 0 Å². The van der Waals surface area contributed by atoms with E-state index >= 15 is 0 Å². The van der Waals surface area contributed by atoms with Gasteiger partial charge >= 0.3 is 5.97 Å². The number of hydrogen-bond donors (Lipinski definition) is 3. The van der Waals surface area contributed by atoms with Crippen LogP contribution in [-0.2, 0) is 4.79 Å². The molecule has 0 unspecified atom stereocenters. The van der Waals surface area contributed by atoms with Crippen molar-refractivity contribution in [1.29, 1.82) is 0 Å². The largest absolute Gasteiger partial charge is 0.481 e. The Morgan fingerprint density at radius 2 is 0.636 bits per heavy atom. The lowest BCUT2D eigenvalue weighted by Crippen LogP contribution is -2.30. The van der Waals surface area contributed by atoms with E-state index in [1.54, 1.807) is 0 Å². The van der Waals surface area contributed by atoms with E-state index < -0.39 is 5.97 Å². The molecule has 0 aliphatic rings. The van der Waals surface area contributed by atoms with Crippen LogP contribution >= 0.6 is 0 Å². The number of carbonyl (C=O) groups is 1. The minimum Gasteiger partial charge on any atom is -0.481 e. The Labute approximate surface area is 276 Å². The van der Waals surface area contributed by atoms with E-state index in [-0.39, 0.29) is 13.2 Å². The molecule has 0 rings (SSSR count). The molecule has 0 fully saturated rings. The van der Waals surface area contributed by atoms with Gasteiger partial charge in [0.25, 0.3) is 0 Å². The molecule has 0 aromatic rings. The van der Waals surface area contributed by atoms with Gasteiger partial charge in [-0.25, -0.2) is 0 Å². The standard InChI is InChI=1S/C21H45NO2.C18H36O2/c1-2-3-4-5-6-7-8-9-10-11-12-13-14-15-16-17-22(18-20-23)19-21-24;1-2-3-4-5-6-7-8-9-10-11-12-13-14-15-16-17-18(19)20/h23-24H,2-21H2,1H3;2-17H2,1H3,(H,19,20). The smallest absolute Gasteiger partial charge is 0.303 e. The quantitative estimate of drug-likeness (QED) is 0.0602. The van der Waals surface area contributed by atoms with Crippen LogP contribution in [0.15, 0.2) is 0 Å². The van der Waals surface area contributed by atoms with Crippen LogP contribution in [-0.4, -0.2) is 59.0 Å². The molecule has 3 N–H and O–H groups in total. The van der Waals surface area contributed by atoms with E-state index in [9.17, 15) is 4.79 Å². The van der Waals surface area contributed by atoms with E-state index in [4.69, 9.17) is 15.3 Å². The van der Waals surface area contributed by atoms with Crippen molar-refractivity contribution in [2.45, 2.75) is 213 Å². The summed E-state index contributed by atoms with van der Waals surface area (Å²) in [4.78, 5) is 12.5. The van der Waals surface area contributed by atoms with Gasteiger partial charge in [-0.05, 0) is 19.4 Å². The second-order valence-corrected chi connectivity index (χ2v) is 13.3. The van der Waals surface area contributed by atoms with Crippen molar-refractivity contribution in [2.75, 3.05) is 32.8 Å². The fourth-order valence-electron chi connectivity index (χ4n) is 5.97. The maximum atomic E-state index is 10.3. The van der Waals surface area contributed by atoms with Gasteiger partial charge in [0.15, 0.2) is 0 Å². The zero-order valence-electron chi connectivity index (χ0n) is 30.2. The summed E-state index contributed by atoms with van der Waals surface area (Å²) >= 11 is 0. The first-order valence-corrected chi connectivity index (χ1v) is 19.8. The number of carboxylic acids is 1. The summed E-state index contributed by atoms with van der Waals surface area (Å²) in [6, 6.07) is 0. The maximum Gasteiger partial charge on any atom is 0.303 e. The first-order chi connectivity index (χ1) is 21.6. The van der Waals surface area contributed by atoms with Crippen molar-refractivity contribution < 1.29 is 20.1 Å². The van der Waals surface area contributed by atoms with Crippen molar-refractivity contribution in [3.8, 4) is 0 Å². The third-order valence-electron chi connectivity index (χ3n) is 8.90. The van der Waals surface area contributed by atoms with Gasteiger partial charge < -0.3 is 15.3 Å². The van der Waals surface area contributed by atoms with E-state index in [0.29, 0.717) is 19.5 Å². The molecule has 0 aliphatic carbocycles. The summed E-state index contributed by atoms with van der Waals surface area (Å²) in [5.74, 6) is -0.653. The van der Waals surface area contributed by atoms with Crippen molar-refractivity contribution in [3.63, 3.8) is 0 Å². The van der Waals surface area contributed by atoms with Crippen LogP contribution in [0.2, 0.25) is 0 Å². The molecule has 0 aliphatic heterocycles. The molecule has 0 aromatic carbocycles. The van der Waals surface area contributed by atoms with Crippen molar-refractivity contribution >= 4 is 5.97 Å². The van der Waals surface area contributed by atoms with Gasteiger partial charge in [-0.2, -0.15) is 0 Å². The van der Waals surface area contributed by atoms with Crippen molar-refractivity contribution in [2.24, 2.45) is 0 Å². The summed E-state index contributed by atoms with van der Waals surface area (Å²) in [5.41, 5.74) is 0. The number of aliphatic hydroxyl groups is 2. The summed E-state index contributed by atoms with van der Waals surface area (Å²) in [5, 5.41) is 26.4. The predicted molar refractivity (Wildman–Crippen MR) is 193 cm³/mol. The summed E-state index contributed by atoms with van der Waals surface area (Å²) < 4.78 is 0. The van der Waals surface area contributed by atoms with E-state index in [0.717, 1.165) is 19.4 Å². The molecule has 0 bridgehead atoms. The first-order valence-electron chi connectivity index (χ1n) is 19.8. The summed E-state index contributed by atoms with van der Waals surface area (Å²) in [6.07, 6.45) is 41.0. The first kappa shape index (κ1) is 45.5. The second kappa shape index (κ2) is 42.3. The van der Waals surface area contributed by atoms with Crippen molar-refractivity contribution in [1.82, 2.24) is 4.90 Å². The topological polar surface area (TPSA) is 81.0 Å². The third kappa shape index (κ3) is 43.5. The second-order valence-electron chi connectivity index (χ2n) is 13.3. The van der Waals surface area contributed by atoms with Gasteiger partial charge in [0, 0.05) is 19.5 Å². The number of rotatable bonds is 36. The van der Waals surface area contributed by atoms with Crippen LogP contribution in [0.3, 0.4) is 0 Å². The average Bonchev–Trinajstić information content (AvgIpc) is 3.01. The highest BCUT2D eigenvalue weighted by molar-refractivity contribution is 5.66. The molecule has 44 heavy (non-hydrogen) atoms. The molecule has 0 radical (unpaired) electrons. The summed E-state index contributed by atoms with van der Waals surface area (Å²) in [6.45, 7) is 7.34. The highest BCUT2D eigenvalue weighted by atomic mass is 16.4. The Bertz CT molecular complexity index is 510. The van der Waals surface area contributed by atoms with E-state index in [1.165, 1.54) is 180 Å². The Balaban J connectivity index is 0. The Hall–Kier alpha value is -0.650. The molecule has 0 spiro atoms. The molecule has 5 nitrogen and oxygen atoms in total. The maximum absolute atomic E-state index is 10.3. The molecular weight excluding hydrogens is 546 g/mol. The fraction of sp³-hybridized carbons (Fsp3) is 0.974. The third-order valence-corrected chi connectivity index (χ3v) is 8.90. The molecule has 0 amide bonds. The predicted octanol–water partition coefficient (Wildman–Crippen LogP) is 11.5. The van der Waals surface area contributed by atoms with E-state index in [1.807, 2.05) is 0 Å². The number of nitrogens with zero attached hydrogens (tertiary/aromatic N) is 1. The molecule has 0 aromatic heterocycles. The van der Waals surface area contributed by atoms with Gasteiger partial charge in [0.05, 0.1) is 13.2 Å². The monoisotopic (exact) mass is 628 g/mol. The normalized spacial score (nSPS) is 11.2. The SMILES string of the molecule is CCCCCCCCCCCCCCCCCC(=O)O.CCCCCCCCCCCCCCCCCN(CCO)CCO. The molecule has 0 saturated carbocycles. The van der Waals surface area contributed by atoms with Gasteiger partial charge in [-0.3, -0.25) is 9.69 Å². The number of carboxylic acid groups (broad SMARTS) is 1.